The second-order valence-electron chi connectivity index (χ2n) is 5.39. The number of ether oxygens (including phenoxy) is 1. The minimum atomic E-state index is 0.576. The number of nitrogens with zero attached hydrogens (tertiary/aromatic N) is 1. The van der Waals surface area contributed by atoms with Crippen molar-refractivity contribution in [3.8, 4) is 0 Å². The van der Waals surface area contributed by atoms with Crippen LogP contribution in [0.1, 0.15) is 25.7 Å². The highest BCUT2D eigenvalue weighted by molar-refractivity contribution is 9.11. The Morgan fingerprint density at radius 2 is 1.95 bits per heavy atom. The zero-order chi connectivity index (χ0) is 13.9. The van der Waals surface area contributed by atoms with Crippen LogP contribution in [0.15, 0.2) is 32.1 Å². The molecule has 5 heteroatoms. The van der Waals surface area contributed by atoms with Gasteiger partial charge in [0.15, 0.2) is 0 Å². The average Bonchev–Trinajstić information content (AvgIpc) is 2.92. The first-order valence-corrected chi connectivity index (χ1v) is 8.68. The normalized spacial score (nSPS) is 25.9. The van der Waals surface area contributed by atoms with E-state index < -0.39 is 0 Å². The summed E-state index contributed by atoms with van der Waals surface area (Å²) in [6, 6.07) is 6.66. The fourth-order valence-electron chi connectivity index (χ4n) is 2.93. The van der Waals surface area contributed by atoms with Crippen LogP contribution in [0.3, 0.4) is 0 Å². The predicted octanol–water partition coefficient (Wildman–Crippen LogP) is 4.42. The summed E-state index contributed by atoms with van der Waals surface area (Å²) < 4.78 is 7.53. The lowest BCUT2D eigenvalue weighted by Gasteiger charge is -2.27. The molecule has 2 heterocycles. The van der Waals surface area contributed by atoms with Crippen molar-refractivity contribution in [2.75, 3.05) is 13.2 Å². The van der Waals surface area contributed by atoms with E-state index in [-0.39, 0.29) is 0 Å². The average molecular weight is 402 g/mol. The van der Waals surface area contributed by atoms with Gasteiger partial charge in [0, 0.05) is 34.6 Å². The molecule has 3 nitrogen and oxygen atoms in total. The molecule has 0 radical (unpaired) electrons. The molecule has 1 atom stereocenters. The van der Waals surface area contributed by atoms with Gasteiger partial charge in [0.05, 0.1) is 5.69 Å². The van der Waals surface area contributed by atoms with Gasteiger partial charge in [-0.1, -0.05) is 15.9 Å². The highest BCUT2D eigenvalue weighted by Gasteiger charge is 2.29. The Bertz CT molecular complexity index is 513. The van der Waals surface area contributed by atoms with Crippen molar-refractivity contribution in [2.24, 2.45) is 10.9 Å². The lowest BCUT2D eigenvalue weighted by atomic mass is 9.91. The minimum Gasteiger partial charge on any atom is -0.381 e. The summed E-state index contributed by atoms with van der Waals surface area (Å²) in [7, 11) is 0. The topological polar surface area (TPSA) is 33.6 Å². The van der Waals surface area contributed by atoms with Crippen molar-refractivity contribution in [3.63, 3.8) is 0 Å². The maximum Gasteiger partial charge on any atom is 0.103 e. The summed E-state index contributed by atoms with van der Waals surface area (Å²) in [5.41, 5.74) is 0.989. The van der Waals surface area contributed by atoms with Gasteiger partial charge in [0.2, 0.25) is 0 Å². The van der Waals surface area contributed by atoms with Crippen molar-refractivity contribution in [2.45, 2.75) is 31.7 Å². The fraction of sp³-hybridized carbons (Fsp3) is 0.533. The first-order valence-electron chi connectivity index (χ1n) is 7.09. The van der Waals surface area contributed by atoms with Gasteiger partial charge in [0.25, 0.3) is 0 Å². The lowest BCUT2D eigenvalue weighted by Crippen LogP contribution is -2.36. The quantitative estimate of drug-likeness (QED) is 0.795. The second kappa shape index (κ2) is 6.58. The SMILES string of the molecule is Brc1ccc(/N=C2/CCC(C3CCOCC3)N2)c(Br)c1. The number of benzene rings is 1. The lowest BCUT2D eigenvalue weighted by molar-refractivity contribution is 0.0569. The van der Waals surface area contributed by atoms with Gasteiger partial charge in [-0.3, -0.25) is 0 Å². The number of rotatable bonds is 2. The molecule has 2 fully saturated rings. The first-order chi connectivity index (χ1) is 9.72. The highest BCUT2D eigenvalue weighted by atomic mass is 79.9. The molecule has 3 rings (SSSR count). The maximum absolute atomic E-state index is 5.44. The third-order valence-electron chi connectivity index (χ3n) is 4.04. The van der Waals surface area contributed by atoms with Crippen molar-refractivity contribution in [1.29, 1.82) is 0 Å². The number of nitrogens with one attached hydrogen (secondary N) is 1. The highest BCUT2D eigenvalue weighted by Crippen LogP contribution is 2.30. The molecule has 108 valence electrons. The molecular weight excluding hydrogens is 384 g/mol. The maximum atomic E-state index is 5.44. The predicted molar refractivity (Wildman–Crippen MR) is 88.6 cm³/mol. The van der Waals surface area contributed by atoms with Gasteiger partial charge in [0.1, 0.15) is 5.84 Å². The van der Waals surface area contributed by atoms with E-state index in [1.54, 1.807) is 0 Å². The molecule has 0 spiro atoms. The van der Waals surface area contributed by atoms with E-state index in [0.29, 0.717) is 6.04 Å². The number of aliphatic imine (C=N–C) groups is 1. The molecule has 2 aliphatic heterocycles. The van der Waals surface area contributed by atoms with E-state index in [1.165, 1.54) is 19.3 Å². The van der Waals surface area contributed by atoms with E-state index in [2.05, 4.69) is 37.2 Å². The number of halogens is 2. The van der Waals surface area contributed by atoms with Crippen LogP contribution >= 0.6 is 31.9 Å². The largest absolute Gasteiger partial charge is 0.381 e. The van der Waals surface area contributed by atoms with Crippen LogP contribution < -0.4 is 5.32 Å². The van der Waals surface area contributed by atoms with Gasteiger partial charge >= 0.3 is 0 Å². The Labute approximate surface area is 136 Å². The fourth-order valence-corrected chi connectivity index (χ4v) is 4.06. The Morgan fingerprint density at radius 3 is 2.70 bits per heavy atom. The molecule has 0 bridgehead atoms. The summed E-state index contributed by atoms with van der Waals surface area (Å²) >= 11 is 7.03. The summed E-state index contributed by atoms with van der Waals surface area (Å²) in [5.74, 6) is 1.86. The molecule has 2 saturated heterocycles. The van der Waals surface area contributed by atoms with Gasteiger partial charge in [-0.25, -0.2) is 4.99 Å². The van der Waals surface area contributed by atoms with Crippen LogP contribution in [0.5, 0.6) is 0 Å². The molecule has 0 saturated carbocycles. The molecule has 1 unspecified atom stereocenters. The van der Waals surface area contributed by atoms with Crippen LogP contribution in [0, 0.1) is 5.92 Å². The zero-order valence-corrected chi connectivity index (χ0v) is 14.4. The monoisotopic (exact) mass is 400 g/mol. The van der Waals surface area contributed by atoms with Crippen LogP contribution in [-0.4, -0.2) is 25.1 Å². The van der Waals surface area contributed by atoms with E-state index in [0.717, 1.165) is 46.0 Å². The summed E-state index contributed by atoms with van der Waals surface area (Å²) in [6.07, 6.45) is 4.59. The van der Waals surface area contributed by atoms with Gasteiger partial charge in [-0.2, -0.15) is 0 Å². The molecule has 0 aromatic heterocycles. The summed E-state index contributed by atoms with van der Waals surface area (Å²) in [6.45, 7) is 1.82. The molecule has 1 N–H and O–H groups in total. The van der Waals surface area contributed by atoms with E-state index in [9.17, 15) is 0 Å². The van der Waals surface area contributed by atoms with Gasteiger partial charge < -0.3 is 10.1 Å². The zero-order valence-electron chi connectivity index (χ0n) is 11.2. The van der Waals surface area contributed by atoms with Crippen molar-refractivity contribution >= 4 is 43.4 Å². The molecule has 20 heavy (non-hydrogen) atoms. The van der Waals surface area contributed by atoms with E-state index in [4.69, 9.17) is 9.73 Å². The Balaban J connectivity index is 1.68. The standard InChI is InChI=1S/C15H18Br2N2O/c16-11-1-2-14(12(17)9-11)19-15-4-3-13(18-15)10-5-7-20-8-6-10/h1-2,9-10,13H,3-8H2,(H,18,19). The Hall–Kier alpha value is -0.390. The van der Waals surface area contributed by atoms with Crippen LogP contribution in [0.4, 0.5) is 5.69 Å². The second-order valence-corrected chi connectivity index (χ2v) is 7.16. The molecule has 2 aliphatic rings. The first kappa shape index (κ1) is 14.5. The number of amidine groups is 1. The Kier molecular flexibility index (Phi) is 4.79. The molecule has 0 amide bonds. The number of hydrogen-bond acceptors (Lipinski definition) is 2. The van der Waals surface area contributed by atoms with Crippen LogP contribution in [0.25, 0.3) is 0 Å². The smallest absolute Gasteiger partial charge is 0.103 e. The van der Waals surface area contributed by atoms with E-state index >= 15 is 0 Å². The van der Waals surface area contributed by atoms with Crippen molar-refractivity contribution in [1.82, 2.24) is 5.32 Å². The van der Waals surface area contributed by atoms with Gasteiger partial charge in [-0.05, 0) is 59.3 Å². The summed E-state index contributed by atoms with van der Waals surface area (Å²) in [4.78, 5) is 4.75. The number of hydrogen-bond donors (Lipinski definition) is 1. The van der Waals surface area contributed by atoms with Gasteiger partial charge in [-0.15, -0.1) is 0 Å². The molecule has 1 aromatic rings. The third-order valence-corrected chi connectivity index (χ3v) is 5.17. The molecular formula is C15H18Br2N2O. The van der Waals surface area contributed by atoms with Crippen molar-refractivity contribution in [3.05, 3.63) is 27.1 Å². The van der Waals surface area contributed by atoms with Crippen molar-refractivity contribution < 1.29 is 4.74 Å². The summed E-state index contributed by atoms with van der Waals surface area (Å²) in [5, 5.41) is 3.61. The molecule has 1 aromatic carbocycles. The van der Waals surface area contributed by atoms with E-state index in [1.807, 2.05) is 18.2 Å². The molecule has 0 aliphatic carbocycles. The Morgan fingerprint density at radius 1 is 1.15 bits per heavy atom. The third kappa shape index (κ3) is 3.43. The van der Waals surface area contributed by atoms with Crippen LogP contribution in [-0.2, 0) is 4.74 Å². The minimum absolute atomic E-state index is 0.576. The van der Waals surface area contributed by atoms with Crippen LogP contribution in [0.2, 0.25) is 0 Å².